The molecule has 0 aromatic heterocycles. The van der Waals surface area contributed by atoms with Crippen LogP contribution in [0.3, 0.4) is 0 Å². The van der Waals surface area contributed by atoms with Crippen LogP contribution in [-0.2, 0) is 24.0 Å². The van der Waals surface area contributed by atoms with Crippen LogP contribution in [-0.4, -0.2) is 34.6 Å². The zero-order chi connectivity index (χ0) is 25.0. The first-order valence-corrected chi connectivity index (χ1v) is 13.8. The lowest BCUT2D eigenvalue weighted by Crippen LogP contribution is -2.46. The van der Waals surface area contributed by atoms with Gasteiger partial charge in [0.2, 0.25) is 5.91 Å². The lowest BCUT2D eigenvalue weighted by molar-refractivity contribution is -0.124. The fraction of sp³-hybridized carbons (Fsp3) is 0.560. The van der Waals surface area contributed by atoms with Gasteiger partial charge in [-0.1, -0.05) is 18.1 Å². The van der Waals surface area contributed by atoms with Crippen molar-refractivity contribution >= 4 is 16.2 Å². The van der Waals surface area contributed by atoms with Crippen LogP contribution in [0, 0.1) is 11.3 Å². The van der Waals surface area contributed by atoms with Crippen molar-refractivity contribution in [3.8, 4) is 0 Å². The number of fused-ring (bicyclic) bond motifs is 4. The third-order valence-electron chi connectivity index (χ3n) is 8.02. The van der Waals surface area contributed by atoms with Crippen molar-refractivity contribution in [1.29, 1.82) is 0 Å². The molecule has 0 radical (unpaired) electrons. The Morgan fingerprint density at radius 2 is 2.11 bits per heavy atom. The summed E-state index contributed by atoms with van der Waals surface area (Å²) < 4.78 is 34.5. The van der Waals surface area contributed by atoms with E-state index in [4.69, 9.17) is 14.1 Å². The number of amides is 1. The van der Waals surface area contributed by atoms with Gasteiger partial charge in [-0.15, -0.1) is 0 Å². The summed E-state index contributed by atoms with van der Waals surface area (Å²) in [4.78, 5) is 12.9. The standard InChI is InChI=1S/C25H34N4O5S/c1-4-14-6-5-9-25(2)21(14)19(34-35(26,31)32)13-18-17-12-15-7-8-16(24(30)27-10-11-33-3)20(15)22(17)28-29-23(18)25/h13,16,28-29H,4-12H2,1-3H3,(H,27,30)(H2,26,31,32). The van der Waals surface area contributed by atoms with Gasteiger partial charge in [-0.05, 0) is 69.1 Å². The molecule has 0 saturated carbocycles. The fourth-order valence-corrected chi connectivity index (χ4v) is 6.94. The molecule has 190 valence electrons. The van der Waals surface area contributed by atoms with Gasteiger partial charge in [0.15, 0.2) is 0 Å². The normalized spacial score (nSPS) is 27.5. The molecular formula is C25H34N4O5S. The van der Waals surface area contributed by atoms with Crippen LogP contribution in [0.5, 0.6) is 0 Å². The molecule has 2 atom stereocenters. The summed E-state index contributed by atoms with van der Waals surface area (Å²) in [5.74, 6) is 0.115. The van der Waals surface area contributed by atoms with Crippen LogP contribution in [0.25, 0.3) is 0 Å². The second kappa shape index (κ2) is 8.83. The first-order valence-electron chi connectivity index (χ1n) is 12.3. The third kappa shape index (κ3) is 4.01. The van der Waals surface area contributed by atoms with Crippen LogP contribution in [0.15, 0.2) is 56.7 Å². The molecule has 5 rings (SSSR count). The molecule has 0 aromatic carbocycles. The maximum absolute atomic E-state index is 12.9. The first-order chi connectivity index (χ1) is 16.7. The predicted octanol–water partition coefficient (Wildman–Crippen LogP) is 2.49. The number of carbonyl (C=O) groups is 1. The summed E-state index contributed by atoms with van der Waals surface area (Å²) in [5.41, 5.74) is 14.9. The minimum atomic E-state index is -4.19. The molecule has 0 fully saturated rings. The smallest absolute Gasteiger partial charge is 0.380 e. The number of allylic oxidation sites excluding steroid dienone is 8. The van der Waals surface area contributed by atoms with E-state index in [1.54, 1.807) is 7.11 Å². The zero-order valence-corrected chi connectivity index (χ0v) is 21.4. The third-order valence-corrected chi connectivity index (χ3v) is 8.43. The number of carbonyl (C=O) groups excluding carboxylic acids is 1. The topological polar surface area (TPSA) is 132 Å². The summed E-state index contributed by atoms with van der Waals surface area (Å²) >= 11 is 0. The van der Waals surface area contributed by atoms with Crippen LogP contribution in [0.4, 0.5) is 0 Å². The lowest BCUT2D eigenvalue weighted by Gasteiger charge is -2.45. The molecule has 4 aliphatic carbocycles. The second-order valence-electron chi connectivity index (χ2n) is 10.1. The SMILES string of the molecule is CCC1=C2C(OS(N)(=O)=O)=CC3=C(NNC4=C3CC3=C4C(C(=O)NCCOC)CC3)C2(C)CCC1. The highest BCUT2D eigenvalue weighted by Crippen LogP contribution is 2.57. The Morgan fingerprint density at radius 3 is 2.83 bits per heavy atom. The molecule has 0 aromatic rings. The van der Waals surface area contributed by atoms with Gasteiger partial charge in [0.05, 0.1) is 18.2 Å². The fourth-order valence-electron chi connectivity index (χ4n) is 6.55. The van der Waals surface area contributed by atoms with Crippen LogP contribution < -0.4 is 21.3 Å². The monoisotopic (exact) mass is 502 g/mol. The number of hydrazine groups is 1. The number of ether oxygens (including phenoxy) is 1. The molecule has 0 bridgehead atoms. The molecule has 1 aliphatic heterocycles. The number of hydrogen-bond donors (Lipinski definition) is 4. The van der Waals surface area contributed by atoms with Crippen molar-refractivity contribution in [3.63, 3.8) is 0 Å². The Labute approximate surface area is 206 Å². The maximum Gasteiger partial charge on any atom is 0.380 e. The van der Waals surface area contributed by atoms with Crippen molar-refractivity contribution in [2.75, 3.05) is 20.3 Å². The maximum atomic E-state index is 12.9. The van der Waals surface area contributed by atoms with Crippen LogP contribution >= 0.6 is 0 Å². The van der Waals surface area contributed by atoms with E-state index < -0.39 is 15.7 Å². The van der Waals surface area contributed by atoms with Crippen molar-refractivity contribution in [3.05, 3.63) is 56.7 Å². The average Bonchev–Trinajstić information content (AvgIpc) is 3.37. The predicted molar refractivity (Wildman–Crippen MR) is 131 cm³/mol. The van der Waals surface area contributed by atoms with E-state index in [1.165, 1.54) is 11.1 Å². The molecule has 0 spiro atoms. The summed E-state index contributed by atoms with van der Waals surface area (Å²) in [6.07, 6.45) is 7.81. The quantitative estimate of drug-likeness (QED) is 0.393. The molecule has 2 unspecified atom stereocenters. The van der Waals surface area contributed by atoms with Gasteiger partial charge in [-0.3, -0.25) is 4.79 Å². The number of hydrogen-bond acceptors (Lipinski definition) is 7. The minimum Gasteiger partial charge on any atom is -0.383 e. The Balaban J connectivity index is 1.57. The largest absolute Gasteiger partial charge is 0.383 e. The summed E-state index contributed by atoms with van der Waals surface area (Å²) in [5, 5.41) is 8.32. The van der Waals surface area contributed by atoms with Gasteiger partial charge in [-0.2, -0.15) is 13.6 Å². The lowest BCUT2D eigenvalue weighted by atomic mass is 9.64. The van der Waals surface area contributed by atoms with Crippen LogP contribution in [0.1, 0.15) is 58.8 Å². The molecule has 9 nitrogen and oxygen atoms in total. The average molecular weight is 503 g/mol. The van der Waals surface area contributed by atoms with Gasteiger partial charge in [0.1, 0.15) is 5.76 Å². The first kappa shape index (κ1) is 24.1. The molecule has 35 heavy (non-hydrogen) atoms. The van der Waals surface area contributed by atoms with E-state index in [9.17, 15) is 13.2 Å². The van der Waals surface area contributed by atoms with Crippen LogP contribution in [0.2, 0.25) is 0 Å². The highest BCUT2D eigenvalue weighted by molar-refractivity contribution is 7.84. The number of nitrogens with two attached hydrogens (primary N) is 1. The van der Waals surface area contributed by atoms with Gasteiger partial charge in [0.25, 0.3) is 0 Å². The van der Waals surface area contributed by atoms with E-state index >= 15 is 0 Å². The number of nitrogens with one attached hydrogen (secondary N) is 3. The van der Waals surface area contributed by atoms with Crippen molar-refractivity contribution < 1.29 is 22.1 Å². The van der Waals surface area contributed by atoms with E-state index in [0.717, 1.165) is 78.6 Å². The molecule has 1 amide bonds. The van der Waals surface area contributed by atoms with Crippen molar-refractivity contribution in [1.82, 2.24) is 16.2 Å². The Bertz CT molecular complexity index is 1240. The van der Waals surface area contributed by atoms with Crippen molar-refractivity contribution in [2.24, 2.45) is 16.5 Å². The van der Waals surface area contributed by atoms with Gasteiger partial charge < -0.3 is 25.1 Å². The molecular weight excluding hydrogens is 468 g/mol. The molecule has 5 aliphatic rings. The molecule has 1 heterocycles. The Hall–Kier alpha value is -2.56. The highest BCUT2D eigenvalue weighted by atomic mass is 32.2. The summed E-state index contributed by atoms with van der Waals surface area (Å²) in [6.45, 7) is 5.18. The van der Waals surface area contributed by atoms with Gasteiger partial charge in [-0.25, -0.2) is 0 Å². The van der Waals surface area contributed by atoms with E-state index in [2.05, 4.69) is 30.0 Å². The zero-order valence-electron chi connectivity index (χ0n) is 20.5. The van der Waals surface area contributed by atoms with Crippen molar-refractivity contribution in [2.45, 2.75) is 58.8 Å². The van der Waals surface area contributed by atoms with Gasteiger partial charge >= 0.3 is 10.3 Å². The number of rotatable bonds is 7. The molecule has 5 N–H and O–H groups in total. The number of methoxy groups -OCH3 is 1. The van der Waals surface area contributed by atoms with E-state index in [0.29, 0.717) is 18.9 Å². The Morgan fingerprint density at radius 1 is 1.31 bits per heavy atom. The molecule has 0 saturated heterocycles. The second-order valence-corrected chi connectivity index (χ2v) is 11.2. The Kier molecular flexibility index (Phi) is 6.09. The molecule has 10 heteroatoms. The van der Waals surface area contributed by atoms with E-state index in [-0.39, 0.29) is 11.8 Å². The highest BCUT2D eigenvalue weighted by Gasteiger charge is 2.48. The van der Waals surface area contributed by atoms with Gasteiger partial charge in [0, 0.05) is 35.9 Å². The van der Waals surface area contributed by atoms with E-state index in [1.807, 2.05) is 6.08 Å². The summed E-state index contributed by atoms with van der Waals surface area (Å²) in [7, 11) is -2.58. The minimum absolute atomic E-state index is 0.0110. The summed E-state index contributed by atoms with van der Waals surface area (Å²) in [6, 6.07) is 0.